The van der Waals surface area contributed by atoms with E-state index < -0.39 is 11.8 Å². The molecule has 0 radical (unpaired) electrons. The standard InChI is InChI=1S/C14H17N3O3/c1-8-4-5-10(6-9(8)2)15-12(18)7-11-13(19)16-17(3)14(11)20/h4-6,11H,7H2,1-3H3,(H,15,18)(H,16,19). The fraction of sp³-hybridized carbons (Fsp3) is 0.357. The second-order valence-electron chi connectivity index (χ2n) is 4.98. The molecule has 1 aromatic rings. The maximum atomic E-state index is 11.9. The molecule has 1 heterocycles. The monoisotopic (exact) mass is 275 g/mol. The number of hydrogen-bond donors (Lipinski definition) is 2. The average Bonchev–Trinajstić information content (AvgIpc) is 2.61. The Morgan fingerprint density at radius 2 is 2.00 bits per heavy atom. The molecule has 1 fully saturated rings. The van der Waals surface area contributed by atoms with Crippen LogP contribution < -0.4 is 10.7 Å². The molecule has 0 saturated carbocycles. The number of anilines is 1. The van der Waals surface area contributed by atoms with E-state index in [2.05, 4.69) is 10.7 Å². The van der Waals surface area contributed by atoms with Crippen molar-refractivity contribution in [3.8, 4) is 0 Å². The van der Waals surface area contributed by atoms with Crippen LogP contribution in [-0.2, 0) is 14.4 Å². The number of carbonyl (C=O) groups is 3. The molecule has 1 unspecified atom stereocenters. The molecule has 20 heavy (non-hydrogen) atoms. The quantitative estimate of drug-likeness (QED) is 0.799. The van der Waals surface area contributed by atoms with Gasteiger partial charge < -0.3 is 5.32 Å². The smallest absolute Gasteiger partial charge is 0.253 e. The average molecular weight is 275 g/mol. The molecule has 1 saturated heterocycles. The molecule has 2 rings (SSSR count). The van der Waals surface area contributed by atoms with Crippen LogP contribution >= 0.6 is 0 Å². The normalized spacial score (nSPS) is 18.1. The van der Waals surface area contributed by atoms with E-state index in [4.69, 9.17) is 0 Å². The number of amides is 3. The Balaban J connectivity index is 2.00. The lowest BCUT2D eigenvalue weighted by atomic mass is 10.0. The molecule has 0 spiro atoms. The zero-order chi connectivity index (χ0) is 14.9. The number of nitrogens with one attached hydrogen (secondary N) is 2. The maximum absolute atomic E-state index is 11.9. The van der Waals surface area contributed by atoms with Crippen molar-refractivity contribution in [3.63, 3.8) is 0 Å². The van der Waals surface area contributed by atoms with Crippen LogP contribution in [0.2, 0.25) is 0 Å². The van der Waals surface area contributed by atoms with Gasteiger partial charge in [0.15, 0.2) is 0 Å². The first-order valence-electron chi connectivity index (χ1n) is 6.33. The van der Waals surface area contributed by atoms with Crippen LogP contribution in [-0.4, -0.2) is 29.8 Å². The summed E-state index contributed by atoms with van der Waals surface area (Å²) in [4.78, 5) is 35.1. The molecule has 1 aliphatic heterocycles. The summed E-state index contributed by atoms with van der Waals surface area (Å²) >= 11 is 0. The Hall–Kier alpha value is -2.37. The van der Waals surface area contributed by atoms with E-state index in [1.54, 1.807) is 6.07 Å². The van der Waals surface area contributed by atoms with Crippen molar-refractivity contribution in [2.24, 2.45) is 5.92 Å². The zero-order valence-electron chi connectivity index (χ0n) is 11.7. The highest BCUT2D eigenvalue weighted by atomic mass is 16.2. The minimum Gasteiger partial charge on any atom is -0.326 e. The summed E-state index contributed by atoms with van der Waals surface area (Å²) in [7, 11) is 1.46. The third kappa shape index (κ3) is 2.79. The lowest BCUT2D eigenvalue weighted by Gasteiger charge is -2.09. The second-order valence-corrected chi connectivity index (χ2v) is 4.98. The summed E-state index contributed by atoms with van der Waals surface area (Å²) in [5.41, 5.74) is 5.23. The van der Waals surface area contributed by atoms with E-state index in [0.29, 0.717) is 5.69 Å². The Labute approximate surface area is 117 Å². The summed E-state index contributed by atoms with van der Waals surface area (Å²) in [5, 5.41) is 3.81. The highest BCUT2D eigenvalue weighted by Crippen LogP contribution is 2.17. The number of carbonyl (C=O) groups excluding carboxylic acids is 3. The molecule has 0 bridgehead atoms. The van der Waals surface area contributed by atoms with Crippen LogP contribution in [0, 0.1) is 19.8 Å². The van der Waals surface area contributed by atoms with Crippen molar-refractivity contribution in [2.75, 3.05) is 12.4 Å². The first-order chi connectivity index (χ1) is 9.38. The lowest BCUT2D eigenvalue weighted by Crippen LogP contribution is -2.31. The second kappa shape index (κ2) is 5.32. The summed E-state index contributed by atoms with van der Waals surface area (Å²) in [5.74, 6) is -2.11. The maximum Gasteiger partial charge on any atom is 0.253 e. The Kier molecular flexibility index (Phi) is 3.74. The number of aryl methyl sites for hydroxylation is 2. The molecule has 1 aliphatic rings. The van der Waals surface area contributed by atoms with Gasteiger partial charge in [-0.25, -0.2) is 0 Å². The first kappa shape index (κ1) is 14.0. The van der Waals surface area contributed by atoms with Crippen LogP contribution in [0.25, 0.3) is 0 Å². The molecular formula is C14H17N3O3. The van der Waals surface area contributed by atoms with Gasteiger partial charge in [0.25, 0.3) is 11.8 Å². The molecule has 1 aromatic carbocycles. The molecule has 2 N–H and O–H groups in total. The summed E-state index contributed by atoms with van der Waals surface area (Å²) < 4.78 is 0. The number of hydrazine groups is 1. The fourth-order valence-corrected chi connectivity index (χ4v) is 2.04. The van der Waals surface area contributed by atoms with E-state index in [0.717, 1.165) is 16.1 Å². The van der Waals surface area contributed by atoms with Crippen molar-refractivity contribution in [1.29, 1.82) is 0 Å². The third-order valence-electron chi connectivity index (χ3n) is 3.40. The Morgan fingerprint density at radius 3 is 2.55 bits per heavy atom. The Bertz CT molecular complexity index is 583. The number of hydrogen-bond acceptors (Lipinski definition) is 3. The SMILES string of the molecule is Cc1ccc(NC(=O)CC2C(=O)NN(C)C2=O)cc1C. The van der Waals surface area contributed by atoms with Gasteiger partial charge in [-0.3, -0.25) is 24.8 Å². The highest BCUT2D eigenvalue weighted by Gasteiger charge is 2.38. The van der Waals surface area contributed by atoms with E-state index in [1.165, 1.54) is 7.05 Å². The molecular weight excluding hydrogens is 258 g/mol. The van der Waals surface area contributed by atoms with Crippen molar-refractivity contribution in [1.82, 2.24) is 10.4 Å². The molecule has 3 amide bonds. The number of benzene rings is 1. The first-order valence-corrected chi connectivity index (χ1v) is 6.33. The van der Waals surface area contributed by atoms with Crippen molar-refractivity contribution >= 4 is 23.4 Å². The number of nitrogens with zero attached hydrogens (tertiary/aromatic N) is 1. The summed E-state index contributed by atoms with van der Waals surface area (Å²) in [6, 6.07) is 5.56. The Morgan fingerprint density at radius 1 is 1.30 bits per heavy atom. The van der Waals surface area contributed by atoms with Crippen LogP contribution in [0.1, 0.15) is 17.5 Å². The third-order valence-corrected chi connectivity index (χ3v) is 3.40. The van der Waals surface area contributed by atoms with Gasteiger partial charge in [0.2, 0.25) is 5.91 Å². The highest BCUT2D eigenvalue weighted by molar-refractivity contribution is 6.08. The molecule has 1 atom stereocenters. The van der Waals surface area contributed by atoms with E-state index in [-0.39, 0.29) is 18.2 Å². The van der Waals surface area contributed by atoms with Gasteiger partial charge in [-0.05, 0) is 37.1 Å². The largest absolute Gasteiger partial charge is 0.326 e. The minimum absolute atomic E-state index is 0.151. The lowest BCUT2D eigenvalue weighted by molar-refractivity contribution is -0.134. The van der Waals surface area contributed by atoms with Crippen LogP contribution in [0.5, 0.6) is 0 Å². The van der Waals surface area contributed by atoms with Gasteiger partial charge in [-0.15, -0.1) is 0 Å². The molecule has 106 valence electrons. The van der Waals surface area contributed by atoms with Crippen molar-refractivity contribution in [3.05, 3.63) is 29.3 Å². The molecule has 0 aliphatic carbocycles. The van der Waals surface area contributed by atoms with Gasteiger partial charge in [0.05, 0.1) is 0 Å². The van der Waals surface area contributed by atoms with Crippen LogP contribution in [0.15, 0.2) is 18.2 Å². The number of rotatable bonds is 3. The minimum atomic E-state index is -0.938. The van der Waals surface area contributed by atoms with E-state index >= 15 is 0 Å². The van der Waals surface area contributed by atoms with E-state index in [9.17, 15) is 14.4 Å². The fourth-order valence-electron chi connectivity index (χ4n) is 2.04. The van der Waals surface area contributed by atoms with Gasteiger partial charge in [-0.1, -0.05) is 6.07 Å². The molecule has 6 nitrogen and oxygen atoms in total. The zero-order valence-corrected chi connectivity index (χ0v) is 11.7. The topological polar surface area (TPSA) is 78.5 Å². The molecule has 0 aromatic heterocycles. The van der Waals surface area contributed by atoms with Gasteiger partial charge in [-0.2, -0.15) is 0 Å². The summed E-state index contributed by atoms with van der Waals surface area (Å²) in [6.07, 6.45) is -0.151. The van der Waals surface area contributed by atoms with Gasteiger partial charge in [0.1, 0.15) is 5.92 Å². The van der Waals surface area contributed by atoms with Crippen LogP contribution in [0.3, 0.4) is 0 Å². The van der Waals surface area contributed by atoms with Crippen molar-refractivity contribution in [2.45, 2.75) is 20.3 Å². The predicted octanol–water partition coefficient (Wildman–Crippen LogP) is 0.751. The van der Waals surface area contributed by atoms with Gasteiger partial charge in [0, 0.05) is 19.2 Å². The predicted molar refractivity (Wildman–Crippen MR) is 73.6 cm³/mol. The molecule has 6 heteroatoms. The van der Waals surface area contributed by atoms with Gasteiger partial charge >= 0.3 is 0 Å². The van der Waals surface area contributed by atoms with E-state index in [1.807, 2.05) is 26.0 Å². The van der Waals surface area contributed by atoms with Crippen LogP contribution in [0.4, 0.5) is 5.69 Å². The summed E-state index contributed by atoms with van der Waals surface area (Å²) in [6.45, 7) is 3.94. The van der Waals surface area contributed by atoms with Crippen molar-refractivity contribution < 1.29 is 14.4 Å².